The molecule has 0 saturated carbocycles. The van der Waals surface area contributed by atoms with Crippen molar-refractivity contribution < 1.29 is 4.74 Å². The number of pyridine rings is 1. The van der Waals surface area contributed by atoms with E-state index in [4.69, 9.17) is 14.7 Å². The quantitative estimate of drug-likeness (QED) is 0.729. The molecule has 5 nitrogen and oxygen atoms in total. The zero-order chi connectivity index (χ0) is 17.1. The van der Waals surface area contributed by atoms with Crippen molar-refractivity contribution in [3.8, 4) is 5.88 Å². The van der Waals surface area contributed by atoms with Crippen molar-refractivity contribution in [1.29, 1.82) is 0 Å². The van der Waals surface area contributed by atoms with Crippen LogP contribution in [-0.4, -0.2) is 34.6 Å². The molecular formula is C20H22N4O. The number of para-hydroxylation sites is 2. The molecule has 0 amide bonds. The van der Waals surface area contributed by atoms with Gasteiger partial charge in [0.2, 0.25) is 5.88 Å². The van der Waals surface area contributed by atoms with Gasteiger partial charge in [-0.2, -0.15) is 0 Å². The molecule has 0 radical (unpaired) electrons. The molecule has 25 heavy (non-hydrogen) atoms. The first-order valence-electron chi connectivity index (χ1n) is 8.82. The molecule has 0 aliphatic carbocycles. The van der Waals surface area contributed by atoms with Gasteiger partial charge in [-0.1, -0.05) is 18.2 Å². The van der Waals surface area contributed by atoms with Gasteiger partial charge in [0.1, 0.15) is 0 Å². The second-order valence-corrected chi connectivity index (χ2v) is 6.53. The Balaban J connectivity index is 1.39. The maximum Gasteiger partial charge on any atom is 0.213 e. The third-order valence-corrected chi connectivity index (χ3v) is 4.74. The highest BCUT2D eigenvalue weighted by molar-refractivity contribution is 5.76. The normalized spacial score (nSPS) is 15.5. The molecule has 1 aromatic carbocycles. The number of hydrogen-bond donors (Lipinski definition) is 0. The molecule has 0 unspecified atom stereocenters. The average Bonchev–Trinajstić information content (AvgIpc) is 2.67. The summed E-state index contributed by atoms with van der Waals surface area (Å²) in [5.74, 6) is 2.29. The van der Waals surface area contributed by atoms with E-state index < -0.39 is 0 Å². The second kappa shape index (κ2) is 7.05. The summed E-state index contributed by atoms with van der Waals surface area (Å²) in [5.41, 5.74) is 2.92. The molecule has 1 saturated heterocycles. The fourth-order valence-electron chi connectivity index (χ4n) is 3.33. The fourth-order valence-corrected chi connectivity index (χ4v) is 3.33. The zero-order valence-corrected chi connectivity index (χ0v) is 14.4. The molecule has 128 valence electrons. The van der Waals surface area contributed by atoms with Gasteiger partial charge in [-0.3, -0.25) is 0 Å². The van der Waals surface area contributed by atoms with Crippen LogP contribution in [0.5, 0.6) is 5.88 Å². The monoisotopic (exact) mass is 334 g/mol. The van der Waals surface area contributed by atoms with E-state index in [2.05, 4.69) is 9.88 Å². The van der Waals surface area contributed by atoms with Crippen molar-refractivity contribution in [2.24, 2.45) is 5.92 Å². The largest absolute Gasteiger partial charge is 0.477 e. The standard InChI is InChI=1S/C20H22N4O/c1-15-20(23-18-7-3-2-6-17(18)22-15)24-12-9-16(10-13-24)14-25-19-8-4-5-11-21-19/h2-8,11,16H,9-10,12-14H2,1H3. The molecule has 3 heterocycles. The van der Waals surface area contributed by atoms with Gasteiger partial charge in [0, 0.05) is 25.4 Å². The van der Waals surface area contributed by atoms with Crippen molar-refractivity contribution in [3.05, 3.63) is 54.4 Å². The number of hydrogen-bond acceptors (Lipinski definition) is 5. The predicted octanol–water partition coefficient (Wildman–Crippen LogP) is 3.63. The third kappa shape index (κ3) is 3.55. The summed E-state index contributed by atoms with van der Waals surface area (Å²) in [7, 11) is 0. The van der Waals surface area contributed by atoms with Crippen LogP contribution in [-0.2, 0) is 0 Å². The number of aromatic nitrogens is 3. The minimum Gasteiger partial charge on any atom is -0.477 e. The molecule has 5 heteroatoms. The van der Waals surface area contributed by atoms with Gasteiger partial charge in [-0.15, -0.1) is 0 Å². The first kappa shape index (κ1) is 15.8. The maximum absolute atomic E-state index is 5.81. The summed E-state index contributed by atoms with van der Waals surface area (Å²) in [6, 6.07) is 13.8. The molecule has 1 aliphatic heterocycles. The number of anilines is 1. The van der Waals surface area contributed by atoms with E-state index in [1.807, 2.05) is 49.4 Å². The van der Waals surface area contributed by atoms with Crippen LogP contribution < -0.4 is 9.64 Å². The minimum atomic E-state index is 0.562. The number of piperidine rings is 1. The number of benzene rings is 1. The van der Waals surface area contributed by atoms with Gasteiger partial charge in [0.15, 0.2) is 5.82 Å². The Morgan fingerprint density at radius 1 is 1.00 bits per heavy atom. The Kier molecular flexibility index (Phi) is 4.46. The highest BCUT2D eigenvalue weighted by Crippen LogP contribution is 2.26. The maximum atomic E-state index is 5.81. The van der Waals surface area contributed by atoms with Crippen LogP contribution in [0.3, 0.4) is 0 Å². The van der Waals surface area contributed by atoms with E-state index in [0.717, 1.165) is 55.1 Å². The highest BCUT2D eigenvalue weighted by Gasteiger charge is 2.22. The van der Waals surface area contributed by atoms with E-state index in [1.165, 1.54) is 0 Å². The SMILES string of the molecule is Cc1nc2ccccc2nc1N1CCC(COc2ccccn2)CC1. The molecule has 0 N–H and O–H groups in total. The van der Waals surface area contributed by atoms with E-state index in [1.54, 1.807) is 6.20 Å². The second-order valence-electron chi connectivity index (χ2n) is 6.53. The van der Waals surface area contributed by atoms with Crippen LogP contribution in [0.1, 0.15) is 18.5 Å². The molecule has 0 spiro atoms. The number of aryl methyl sites for hydroxylation is 1. The molecule has 0 atom stereocenters. The molecule has 1 fully saturated rings. The Morgan fingerprint density at radius 2 is 1.72 bits per heavy atom. The Bertz CT molecular complexity index is 845. The van der Waals surface area contributed by atoms with E-state index >= 15 is 0 Å². The minimum absolute atomic E-state index is 0.562. The average molecular weight is 334 g/mol. The summed E-state index contributed by atoms with van der Waals surface area (Å²) in [4.78, 5) is 16.1. The first-order chi connectivity index (χ1) is 12.3. The number of rotatable bonds is 4. The zero-order valence-electron chi connectivity index (χ0n) is 14.4. The first-order valence-corrected chi connectivity index (χ1v) is 8.82. The molecule has 2 aromatic heterocycles. The van der Waals surface area contributed by atoms with Crippen LogP contribution in [0.4, 0.5) is 5.82 Å². The molecule has 3 aromatic rings. The predicted molar refractivity (Wildman–Crippen MR) is 98.9 cm³/mol. The van der Waals surface area contributed by atoms with Crippen molar-refractivity contribution in [1.82, 2.24) is 15.0 Å². The summed E-state index contributed by atoms with van der Waals surface area (Å²) in [6.07, 6.45) is 3.96. The van der Waals surface area contributed by atoms with Crippen LogP contribution >= 0.6 is 0 Å². The van der Waals surface area contributed by atoms with Crippen molar-refractivity contribution >= 4 is 16.9 Å². The lowest BCUT2D eigenvalue weighted by atomic mass is 9.98. The van der Waals surface area contributed by atoms with Gasteiger partial charge in [-0.05, 0) is 43.9 Å². The van der Waals surface area contributed by atoms with E-state index in [-0.39, 0.29) is 0 Å². The lowest BCUT2D eigenvalue weighted by Gasteiger charge is -2.33. The number of ether oxygens (including phenoxy) is 1. The number of nitrogens with zero attached hydrogens (tertiary/aromatic N) is 4. The molecule has 0 bridgehead atoms. The summed E-state index contributed by atoms with van der Waals surface area (Å²) >= 11 is 0. The topological polar surface area (TPSA) is 51.1 Å². The Hall–Kier alpha value is -2.69. The molecule has 1 aliphatic rings. The van der Waals surface area contributed by atoms with Crippen molar-refractivity contribution in [2.75, 3.05) is 24.6 Å². The van der Waals surface area contributed by atoms with Gasteiger partial charge in [0.05, 0.1) is 23.3 Å². The number of fused-ring (bicyclic) bond motifs is 1. The molecular weight excluding hydrogens is 312 g/mol. The van der Waals surface area contributed by atoms with Crippen molar-refractivity contribution in [2.45, 2.75) is 19.8 Å². The molecule has 4 rings (SSSR count). The summed E-state index contributed by atoms with van der Waals surface area (Å²) in [5, 5.41) is 0. The van der Waals surface area contributed by atoms with E-state index in [0.29, 0.717) is 11.8 Å². The van der Waals surface area contributed by atoms with Gasteiger partial charge in [-0.25, -0.2) is 15.0 Å². The lowest BCUT2D eigenvalue weighted by molar-refractivity contribution is 0.216. The van der Waals surface area contributed by atoms with Gasteiger partial charge in [0.25, 0.3) is 0 Å². The van der Waals surface area contributed by atoms with E-state index in [9.17, 15) is 0 Å². The van der Waals surface area contributed by atoms with Crippen LogP contribution in [0.25, 0.3) is 11.0 Å². The summed E-state index contributed by atoms with van der Waals surface area (Å²) < 4.78 is 5.81. The van der Waals surface area contributed by atoms with Crippen LogP contribution in [0, 0.1) is 12.8 Å². The van der Waals surface area contributed by atoms with Gasteiger partial charge < -0.3 is 9.64 Å². The Morgan fingerprint density at radius 3 is 2.44 bits per heavy atom. The van der Waals surface area contributed by atoms with Crippen LogP contribution in [0.15, 0.2) is 48.7 Å². The summed E-state index contributed by atoms with van der Waals surface area (Å²) in [6.45, 7) is 4.76. The smallest absolute Gasteiger partial charge is 0.213 e. The van der Waals surface area contributed by atoms with Crippen molar-refractivity contribution in [3.63, 3.8) is 0 Å². The fraction of sp³-hybridized carbons (Fsp3) is 0.350. The highest BCUT2D eigenvalue weighted by atomic mass is 16.5. The van der Waals surface area contributed by atoms with Crippen LogP contribution in [0.2, 0.25) is 0 Å². The lowest BCUT2D eigenvalue weighted by Crippen LogP contribution is -2.36. The Labute approximate surface area is 147 Å². The van der Waals surface area contributed by atoms with Gasteiger partial charge >= 0.3 is 0 Å². The third-order valence-electron chi connectivity index (χ3n) is 4.74.